The Morgan fingerprint density at radius 1 is 1.35 bits per heavy atom. The maximum atomic E-state index is 12.2. The molecule has 8 heteroatoms. The van der Waals surface area contributed by atoms with Gasteiger partial charge in [0.25, 0.3) is 0 Å². The van der Waals surface area contributed by atoms with Gasteiger partial charge in [-0.1, -0.05) is 0 Å². The Bertz CT molecular complexity index is 543. The first kappa shape index (κ1) is 14.9. The average molecular weight is 351 g/mol. The van der Waals surface area contributed by atoms with Crippen LogP contribution < -0.4 is 14.8 Å². The van der Waals surface area contributed by atoms with Crippen molar-refractivity contribution >= 4 is 15.9 Å². The van der Waals surface area contributed by atoms with Crippen LogP contribution in [-0.4, -0.2) is 25.9 Å². The van der Waals surface area contributed by atoms with Gasteiger partial charge in [-0.25, -0.2) is 0 Å². The van der Waals surface area contributed by atoms with Gasteiger partial charge in [0.05, 0.1) is 17.1 Å². The van der Waals surface area contributed by atoms with E-state index in [1.54, 1.807) is 12.1 Å². The second kappa shape index (κ2) is 5.89. The summed E-state index contributed by atoms with van der Waals surface area (Å²) in [6.07, 6.45) is -4.37. The maximum Gasteiger partial charge on any atom is 0.401 e. The van der Waals surface area contributed by atoms with Gasteiger partial charge >= 0.3 is 6.18 Å². The molecule has 20 heavy (non-hydrogen) atoms. The van der Waals surface area contributed by atoms with Crippen LogP contribution in [0.4, 0.5) is 13.2 Å². The number of rotatable bonds is 3. The lowest BCUT2D eigenvalue weighted by Gasteiger charge is -2.22. The molecule has 0 radical (unpaired) electrons. The number of nitriles is 1. The van der Waals surface area contributed by atoms with Crippen LogP contribution >= 0.6 is 15.9 Å². The van der Waals surface area contributed by atoms with Gasteiger partial charge in [0.15, 0.2) is 11.5 Å². The molecule has 0 aromatic heterocycles. The predicted molar refractivity (Wildman–Crippen MR) is 67.5 cm³/mol. The van der Waals surface area contributed by atoms with Gasteiger partial charge in [0.1, 0.15) is 19.3 Å². The number of nitrogens with zero attached hydrogens (tertiary/aromatic N) is 1. The summed E-state index contributed by atoms with van der Waals surface area (Å²) >= 11 is 3.26. The van der Waals surface area contributed by atoms with E-state index in [1.807, 2.05) is 0 Å². The minimum Gasteiger partial charge on any atom is -0.486 e. The Morgan fingerprint density at radius 2 is 2.05 bits per heavy atom. The number of fused-ring (bicyclic) bond motifs is 1. The fraction of sp³-hybridized carbons (Fsp3) is 0.417. The van der Waals surface area contributed by atoms with Crippen LogP contribution in [0.2, 0.25) is 0 Å². The van der Waals surface area contributed by atoms with Crippen molar-refractivity contribution < 1.29 is 22.6 Å². The van der Waals surface area contributed by atoms with E-state index in [2.05, 4.69) is 21.2 Å². The summed E-state index contributed by atoms with van der Waals surface area (Å²) in [6.45, 7) is -0.480. The zero-order valence-electron chi connectivity index (χ0n) is 10.1. The van der Waals surface area contributed by atoms with Crippen molar-refractivity contribution in [2.45, 2.75) is 12.2 Å². The largest absolute Gasteiger partial charge is 0.486 e. The van der Waals surface area contributed by atoms with Crippen molar-refractivity contribution in [1.29, 1.82) is 5.26 Å². The molecule has 0 saturated heterocycles. The molecule has 1 aromatic carbocycles. The summed E-state index contributed by atoms with van der Waals surface area (Å²) in [5.74, 6) is 0.905. The predicted octanol–water partition coefficient (Wildman–Crippen LogP) is 2.94. The van der Waals surface area contributed by atoms with Crippen LogP contribution in [0.1, 0.15) is 11.6 Å². The van der Waals surface area contributed by atoms with Crippen LogP contribution in [0.15, 0.2) is 16.6 Å². The first-order valence-corrected chi connectivity index (χ1v) is 6.49. The molecule has 0 bridgehead atoms. The van der Waals surface area contributed by atoms with E-state index in [1.165, 1.54) is 6.07 Å². The molecule has 0 spiro atoms. The standard InChI is InChI=1S/C12H10BrF3N2O2/c13-8-3-7(4-10-11(8)20-2-1-19-10)9(5-17)18-6-12(14,15)16/h3-4,9,18H,1-2,6H2. The number of halogens is 4. The first-order valence-electron chi connectivity index (χ1n) is 5.69. The molecule has 0 amide bonds. The number of hydrogen-bond acceptors (Lipinski definition) is 4. The van der Waals surface area contributed by atoms with E-state index in [0.717, 1.165) is 0 Å². The highest BCUT2D eigenvalue weighted by Gasteiger charge is 2.29. The topological polar surface area (TPSA) is 54.3 Å². The zero-order chi connectivity index (χ0) is 14.8. The fourth-order valence-corrected chi connectivity index (χ4v) is 2.33. The van der Waals surface area contributed by atoms with Gasteiger partial charge in [-0.15, -0.1) is 0 Å². The minimum atomic E-state index is -4.37. The highest BCUT2D eigenvalue weighted by atomic mass is 79.9. The van der Waals surface area contributed by atoms with Crippen molar-refractivity contribution in [1.82, 2.24) is 5.32 Å². The van der Waals surface area contributed by atoms with Crippen LogP contribution in [0.3, 0.4) is 0 Å². The molecule has 1 heterocycles. The summed E-state index contributed by atoms with van der Waals surface area (Å²) in [5.41, 5.74) is 0.382. The Hall–Kier alpha value is -1.46. The normalized spacial score (nSPS) is 15.6. The van der Waals surface area contributed by atoms with Crippen LogP contribution in [0, 0.1) is 11.3 Å². The van der Waals surface area contributed by atoms with Crippen molar-refractivity contribution in [3.05, 3.63) is 22.2 Å². The van der Waals surface area contributed by atoms with E-state index in [0.29, 0.717) is 34.7 Å². The number of nitrogens with one attached hydrogen (secondary N) is 1. The average Bonchev–Trinajstić information content (AvgIpc) is 2.38. The van der Waals surface area contributed by atoms with Gasteiger partial charge < -0.3 is 9.47 Å². The molecule has 0 fully saturated rings. The number of ether oxygens (including phenoxy) is 2. The molecule has 0 aliphatic carbocycles. The summed E-state index contributed by atoms with van der Waals surface area (Å²) in [4.78, 5) is 0. The number of hydrogen-bond donors (Lipinski definition) is 1. The lowest BCUT2D eigenvalue weighted by atomic mass is 10.1. The van der Waals surface area contributed by atoms with Crippen molar-refractivity contribution in [2.24, 2.45) is 0 Å². The second-order valence-electron chi connectivity index (χ2n) is 4.09. The molecule has 108 valence electrons. The van der Waals surface area contributed by atoms with Gasteiger partial charge in [0, 0.05) is 0 Å². The summed E-state index contributed by atoms with van der Waals surface area (Å²) < 4.78 is 47.9. The fourth-order valence-electron chi connectivity index (χ4n) is 1.75. The van der Waals surface area contributed by atoms with Gasteiger partial charge in [-0.3, -0.25) is 5.32 Å². The quantitative estimate of drug-likeness (QED) is 0.910. The summed E-state index contributed by atoms with van der Waals surface area (Å²) in [6, 6.07) is 3.77. The smallest absolute Gasteiger partial charge is 0.401 e. The molecular weight excluding hydrogens is 341 g/mol. The van der Waals surface area contributed by atoms with E-state index in [-0.39, 0.29) is 0 Å². The lowest BCUT2D eigenvalue weighted by Crippen LogP contribution is -2.31. The molecular formula is C12H10BrF3N2O2. The highest BCUT2D eigenvalue weighted by Crippen LogP contribution is 2.39. The lowest BCUT2D eigenvalue weighted by molar-refractivity contribution is -0.125. The Balaban J connectivity index is 2.22. The molecule has 4 nitrogen and oxygen atoms in total. The van der Waals surface area contributed by atoms with Crippen LogP contribution in [-0.2, 0) is 0 Å². The van der Waals surface area contributed by atoms with Gasteiger partial charge in [-0.05, 0) is 33.6 Å². The summed E-state index contributed by atoms with van der Waals surface area (Å²) in [7, 11) is 0. The van der Waals surface area contributed by atoms with E-state index < -0.39 is 18.8 Å². The van der Waals surface area contributed by atoms with Gasteiger partial charge in [0.2, 0.25) is 0 Å². The van der Waals surface area contributed by atoms with Gasteiger partial charge in [-0.2, -0.15) is 18.4 Å². The molecule has 1 unspecified atom stereocenters. The monoisotopic (exact) mass is 350 g/mol. The van der Waals surface area contributed by atoms with Crippen molar-refractivity contribution in [3.63, 3.8) is 0 Å². The van der Waals surface area contributed by atoms with E-state index in [4.69, 9.17) is 14.7 Å². The Morgan fingerprint density at radius 3 is 2.70 bits per heavy atom. The Kier molecular flexibility index (Phi) is 4.40. The van der Waals surface area contributed by atoms with Crippen LogP contribution in [0.25, 0.3) is 0 Å². The number of alkyl halides is 3. The highest BCUT2D eigenvalue weighted by molar-refractivity contribution is 9.10. The molecule has 1 aromatic rings. The van der Waals surface area contributed by atoms with E-state index >= 15 is 0 Å². The van der Waals surface area contributed by atoms with Crippen LogP contribution in [0.5, 0.6) is 11.5 Å². The molecule has 0 saturated carbocycles. The molecule has 1 N–H and O–H groups in total. The first-order chi connectivity index (χ1) is 9.40. The van der Waals surface area contributed by atoms with Crippen molar-refractivity contribution in [2.75, 3.05) is 19.8 Å². The number of benzene rings is 1. The molecule has 1 aliphatic heterocycles. The van der Waals surface area contributed by atoms with Crippen molar-refractivity contribution in [3.8, 4) is 17.6 Å². The molecule has 2 rings (SSSR count). The third-order valence-electron chi connectivity index (χ3n) is 2.59. The summed E-state index contributed by atoms with van der Waals surface area (Å²) in [5, 5.41) is 11.2. The maximum absolute atomic E-state index is 12.2. The third kappa shape index (κ3) is 3.55. The van der Waals surface area contributed by atoms with E-state index in [9.17, 15) is 13.2 Å². The second-order valence-corrected chi connectivity index (χ2v) is 4.94. The third-order valence-corrected chi connectivity index (χ3v) is 3.18. The molecule has 1 atom stereocenters. The zero-order valence-corrected chi connectivity index (χ0v) is 11.7. The SMILES string of the molecule is N#CC(NCC(F)(F)F)c1cc(Br)c2c(c1)OCCO2. The minimum absolute atomic E-state index is 0.357. The Labute approximate surface area is 121 Å². The molecule has 1 aliphatic rings.